The second kappa shape index (κ2) is 3.85. The van der Waals surface area contributed by atoms with E-state index in [9.17, 15) is 0 Å². The second-order valence-electron chi connectivity index (χ2n) is 3.40. The summed E-state index contributed by atoms with van der Waals surface area (Å²) in [7, 11) is 0. The highest BCUT2D eigenvalue weighted by Gasteiger charge is 2.16. The number of hydrogen-bond donors (Lipinski definition) is 1. The fraction of sp³-hybridized carbons (Fsp3) is 0.500. The molecule has 0 spiro atoms. The first kappa shape index (κ1) is 8.66. The predicted molar refractivity (Wildman–Crippen MR) is 50.4 cm³/mol. The monoisotopic (exact) mass is 178 g/mol. The van der Waals surface area contributed by atoms with Gasteiger partial charge in [-0.05, 0) is 18.6 Å². The van der Waals surface area contributed by atoms with E-state index in [1.807, 2.05) is 19.2 Å². The van der Waals surface area contributed by atoms with Crippen molar-refractivity contribution in [1.82, 2.24) is 10.3 Å². The first-order valence-corrected chi connectivity index (χ1v) is 4.58. The minimum Gasteiger partial charge on any atom is -0.371 e. The Morgan fingerprint density at radius 2 is 2.38 bits per heavy atom. The second-order valence-corrected chi connectivity index (χ2v) is 3.40. The summed E-state index contributed by atoms with van der Waals surface area (Å²) in [6.07, 6.45) is 2.28. The lowest BCUT2D eigenvalue weighted by Crippen LogP contribution is -2.48. The Hall–Kier alpha value is -0.930. The van der Waals surface area contributed by atoms with Gasteiger partial charge in [0.25, 0.3) is 0 Å². The molecule has 1 aliphatic heterocycles. The number of nitrogens with one attached hydrogen (secondary N) is 1. The van der Waals surface area contributed by atoms with Crippen LogP contribution in [0.2, 0.25) is 0 Å². The third-order valence-electron chi connectivity index (χ3n) is 2.20. The van der Waals surface area contributed by atoms with Gasteiger partial charge >= 0.3 is 0 Å². The molecule has 0 atom stereocenters. The zero-order chi connectivity index (χ0) is 9.10. The molecule has 1 aromatic rings. The third-order valence-corrected chi connectivity index (χ3v) is 2.20. The van der Waals surface area contributed by atoms with Crippen LogP contribution >= 0.6 is 0 Å². The van der Waals surface area contributed by atoms with Crippen LogP contribution in [0, 0.1) is 6.92 Å². The van der Waals surface area contributed by atoms with Gasteiger partial charge in [-0.2, -0.15) is 0 Å². The van der Waals surface area contributed by atoms with Crippen molar-refractivity contribution in [1.29, 1.82) is 0 Å². The molecule has 0 amide bonds. The average molecular weight is 178 g/mol. The third kappa shape index (κ3) is 2.26. The standard InChI is InChI=1S/C10H14N2O/c1-8-2-3-9(4-12-8)7-13-10-5-11-6-10/h2-4,10-11H,5-7H2,1H3. The molecular weight excluding hydrogens is 164 g/mol. The van der Waals surface area contributed by atoms with Gasteiger partial charge in [0, 0.05) is 25.0 Å². The summed E-state index contributed by atoms with van der Waals surface area (Å²) in [5.74, 6) is 0. The summed E-state index contributed by atoms with van der Waals surface area (Å²) >= 11 is 0. The molecule has 1 aromatic heterocycles. The number of rotatable bonds is 3. The molecule has 2 heterocycles. The van der Waals surface area contributed by atoms with Crippen molar-refractivity contribution in [2.45, 2.75) is 19.6 Å². The van der Waals surface area contributed by atoms with Crippen LogP contribution in [0.1, 0.15) is 11.3 Å². The minimum atomic E-state index is 0.404. The van der Waals surface area contributed by atoms with E-state index in [0.29, 0.717) is 12.7 Å². The van der Waals surface area contributed by atoms with Crippen LogP contribution < -0.4 is 5.32 Å². The Balaban J connectivity index is 1.83. The first-order valence-electron chi connectivity index (χ1n) is 4.58. The molecule has 1 fully saturated rings. The molecule has 0 aromatic carbocycles. The summed E-state index contributed by atoms with van der Waals surface area (Å²) in [6, 6.07) is 4.08. The Bertz CT molecular complexity index is 267. The van der Waals surface area contributed by atoms with Crippen LogP contribution in [0.4, 0.5) is 0 Å². The quantitative estimate of drug-likeness (QED) is 0.746. The molecule has 1 saturated heterocycles. The van der Waals surface area contributed by atoms with E-state index in [1.54, 1.807) is 0 Å². The highest BCUT2D eigenvalue weighted by atomic mass is 16.5. The van der Waals surface area contributed by atoms with Crippen LogP contribution in [0.5, 0.6) is 0 Å². The van der Waals surface area contributed by atoms with Gasteiger partial charge in [0.15, 0.2) is 0 Å². The topological polar surface area (TPSA) is 34.1 Å². The van der Waals surface area contributed by atoms with E-state index < -0.39 is 0 Å². The Kier molecular flexibility index (Phi) is 2.57. The van der Waals surface area contributed by atoms with Gasteiger partial charge in [-0.15, -0.1) is 0 Å². The molecule has 13 heavy (non-hydrogen) atoms. The Morgan fingerprint density at radius 3 is 2.92 bits per heavy atom. The van der Waals surface area contributed by atoms with Gasteiger partial charge in [-0.25, -0.2) is 0 Å². The smallest absolute Gasteiger partial charge is 0.0828 e. The molecule has 3 nitrogen and oxygen atoms in total. The number of pyridine rings is 1. The highest BCUT2D eigenvalue weighted by Crippen LogP contribution is 2.05. The van der Waals surface area contributed by atoms with Crippen LogP contribution in [0.15, 0.2) is 18.3 Å². The Labute approximate surface area is 78.1 Å². The van der Waals surface area contributed by atoms with Crippen LogP contribution in [-0.2, 0) is 11.3 Å². The molecule has 2 rings (SSSR count). The lowest BCUT2D eigenvalue weighted by molar-refractivity contribution is 0.00746. The van der Waals surface area contributed by atoms with Crippen LogP contribution in [0.25, 0.3) is 0 Å². The molecule has 0 bridgehead atoms. The van der Waals surface area contributed by atoms with Gasteiger partial charge in [-0.1, -0.05) is 6.07 Å². The molecule has 3 heteroatoms. The molecule has 0 aliphatic carbocycles. The van der Waals surface area contributed by atoms with E-state index >= 15 is 0 Å². The van der Waals surface area contributed by atoms with Crippen LogP contribution in [-0.4, -0.2) is 24.2 Å². The van der Waals surface area contributed by atoms with E-state index in [-0.39, 0.29) is 0 Å². The maximum Gasteiger partial charge on any atom is 0.0828 e. The van der Waals surface area contributed by atoms with Crippen molar-refractivity contribution >= 4 is 0 Å². The number of ether oxygens (including phenoxy) is 1. The molecule has 70 valence electrons. The fourth-order valence-electron chi connectivity index (χ4n) is 1.18. The van der Waals surface area contributed by atoms with Gasteiger partial charge < -0.3 is 10.1 Å². The van der Waals surface area contributed by atoms with E-state index in [1.165, 1.54) is 0 Å². The average Bonchev–Trinajstić information content (AvgIpc) is 2.05. The highest BCUT2D eigenvalue weighted by molar-refractivity contribution is 5.12. The first-order chi connectivity index (χ1) is 6.34. The zero-order valence-corrected chi connectivity index (χ0v) is 7.79. The van der Waals surface area contributed by atoms with Crippen molar-refractivity contribution < 1.29 is 4.74 Å². The molecule has 0 unspecified atom stereocenters. The summed E-state index contributed by atoms with van der Waals surface area (Å²) in [5, 5.41) is 3.17. The normalized spacial score (nSPS) is 17.0. The number of nitrogens with zero attached hydrogens (tertiary/aromatic N) is 1. The van der Waals surface area contributed by atoms with E-state index in [0.717, 1.165) is 24.3 Å². The maximum absolute atomic E-state index is 5.60. The number of aryl methyl sites for hydroxylation is 1. The lowest BCUT2D eigenvalue weighted by atomic mass is 10.2. The van der Waals surface area contributed by atoms with Crippen molar-refractivity contribution in [3.63, 3.8) is 0 Å². The van der Waals surface area contributed by atoms with Crippen molar-refractivity contribution in [2.24, 2.45) is 0 Å². The predicted octanol–water partition coefficient (Wildman–Crippen LogP) is 0.878. The summed E-state index contributed by atoms with van der Waals surface area (Å²) in [4.78, 5) is 4.21. The summed E-state index contributed by atoms with van der Waals surface area (Å²) in [5.41, 5.74) is 2.20. The number of aromatic nitrogens is 1. The summed E-state index contributed by atoms with van der Waals surface area (Å²) < 4.78 is 5.60. The molecule has 1 aliphatic rings. The van der Waals surface area contributed by atoms with Gasteiger partial charge in [0.2, 0.25) is 0 Å². The minimum absolute atomic E-state index is 0.404. The summed E-state index contributed by atoms with van der Waals surface area (Å²) in [6.45, 7) is 4.64. The number of hydrogen-bond acceptors (Lipinski definition) is 3. The molecule has 0 radical (unpaired) electrons. The fourth-order valence-corrected chi connectivity index (χ4v) is 1.18. The van der Waals surface area contributed by atoms with E-state index in [4.69, 9.17) is 4.74 Å². The maximum atomic E-state index is 5.60. The van der Waals surface area contributed by atoms with E-state index in [2.05, 4.69) is 16.4 Å². The molecule has 1 N–H and O–H groups in total. The largest absolute Gasteiger partial charge is 0.371 e. The SMILES string of the molecule is Cc1ccc(COC2CNC2)cn1. The van der Waals surface area contributed by atoms with Gasteiger partial charge in [-0.3, -0.25) is 4.98 Å². The molecule has 0 saturated carbocycles. The van der Waals surface area contributed by atoms with Crippen molar-refractivity contribution in [2.75, 3.05) is 13.1 Å². The van der Waals surface area contributed by atoms with Gasteiger partial charge in [0.1, 0.15) is 0 Å². The van der Waals surface area contributed by atoms with Crippen molar-refractivity contribution in [3.05, 3.63) is 29.6 Å². The zero-order valence-electron chi connectivity index (χ0n) is 7.79. The van der Waals surface area contributed by atoms with Crippen LogP contribution in [0.3, 0.4) is 0 Å². The van der Waals surface area contributed by atoms with Gasteiger partial charge in [0.05, 0.1) is 12.7 Å². The van der Waals surface area contributed by atoms with Crippen molar-refractivity contribution in [3.8, 4) is 0 Å². The Morgan fingerprint density at radius 1 is 1.54 bits per heavy atom. The lowest BCUT2D eigenvalue weighted by Gasteiger charge is -2.27. The molecular formula is C10H14N2O.